The van der Waals surface area contributed by atoms with Gasteiger partial charge in [-0.15, -0.1) is 0 Å². The van der Waals surface area contributed by atoms with Gasteiger partial charge in [0, 0.05) is 19.6 Å². The summed E-state index contributed by atoms with van der Waals surface area (Å²) in [6, 6.07) is 0. The molecular weight excluding hydrogens is 234 g/mol. The predicted octanol–water partition coefficient (Wildman–Crippen LogP) is 2.04. The highest BCUT2D eigenvalue weighted by Crippen LogP contribution is 2.24. The third kappa shape index (κ3) is 4.09. The SMILES string of the molecule is CCCN(CCN(C)C)c1nc(C)c(C=O)s1. The Labute approximate surface area is 107 Å². The van der Waals surface area contributed by atoms with Crippen LogP contribution in [0, 0.1) is 6.92 Å². The van der Waals surface area contributed by atoms with Crippen LogP contribution in [0.25, 0.3) is 0 Å². The smallest absolute Gasteiger partial charge is 0.186 e. The first-order chi connectivity index (χ1) is 8.08. The van der Waals surface area contributed by atoms with Crippen molar-refractivity contribution in [1.82, 2.24) is 9.88 Å². The lowest BCUT2D eigenvalue weighted by Crippen LogP contribution is -2.32. The number of anilines is 1. The van der Waals surface area contributed by atoms with Crippen molar-refractivity contribution in [1.29, 1.82) is 0 Å². The Morgan fingerprint density at radius 1 is 1.29 bits per heavy atom. The summed E-state index contributed by atoms with van der Waals surface area (Å²) in [5, 5.41) is 0.966. The van der Waals surface area contributed by atoms with Crippen LogP contribution in [0.15, 0.2) is 0 Å². The highest BCUT2D eigenvalue weighted by Gasteiger charge is 2.13. The van der Waals surface area contributed by atoms with Crippen molar-refractivity contribution in [2.24, 2.45) is 0 Å². The van der Waals surface area contributed by atoms with Gasteiger partial charge in [0.25, 0.3) is 0 Å². The highest BCUT2D eigenvalue weighted by molar-refractivity contribution is 7.17. The molecule has 0 aromatic carbocycles. The molecule has 1 aromatic heterocycles. The monoisotopic (exact) mass is 255 g/mol. The fraction of sp³-hybridized carbons (Fsp3) is 0.667. The predicted molar refractivity (Wildman–Crippen MR) is 73.3 cm³/mol. The van der Waals surface area contributed by atoms with E-state index in [1.54, 1.807) is 0 Å². The Bertz CT molecular complexity index is 363. The molecule has 0 aliphatic carbocycles. The van der Waals surface area contributed by atoms with Crippen LogP contribution in [0.5, 0.6) is 0 Å². The summed E-state index contributed by atoms with van der Waals surface area (Å²) >= 11 is 1.49. The summed E-state index contributed by atoms with van der Waals surface area (Å²) in [4.78, 5) is 20.5. The van der Waals surface area contributed by atoms with Crippen molar-refractivity contribution >= 4 is 22.8 Å². The van der Waals surface area contributed by atoms with Crippen molar-refractivity contribution in [3.63, 3.8) is 0 Å². The maximum Gasteiger partial charge on any atom is 0.186 e. The lowest BCUT2D eigenvalue weighted by atomic mass is 10.4. The van der Waals surface area contributed by atoms with E-state index in [1.165, 1.54) is 11.3 Å². The minimum absolute atomic E-state index is 0.742. The van der Waals surface area contributed by atoms with E-state index < -0.39 is 0 Å². The van der Waals surface area contributed by atoms with Crippen molar-refractivity contribution < 1.29 is 4.79 Å². The minimum Gasteiger partial charge on any atom is -0.347 e. The summed E-state index contributed by atoms with van der Waals surface area (Å²) in [6.07, 6.45) is 1.98. The molecule has 0 saturated heterocycles. The molecule has 1 aromatic rings. The van der Waals surface area contributed by atoms with Gasteiger partial charge in [0.15, 0.2) is 11.4 Å². The molecule has 5 heteroatoms. The van der Waals surface area contributed by atoms with Crippen molar-refractivity contribution in [2.45, 2.75) is 20.3 Å². The van der Waals surface area contributed by atoms with Crippen LogP contribution in [-0.4, -0.2) is 49.9 Å². The van der Waals surface area contributed by atoms with Crippen LogP contribution >= 0.6 is 11.3 Å². The maximum absolute atomic E-state index is 10.8. The zero-order valence-electron chi connectivity index (χ0n) is 11.1. The maximum atomic E-state index is 10.8. The number of carbonyl (C=O) groups is 1. The van der Waals surface area contributed by atoms with Gasteiger partial charge in [0.2, 0.25) is 0 Å². The summed E-state index contributed by atoms with van der Waals surface area (Å²) in [5.41, 5.74) is 0.839. The van der Waals surface area contributed by atoms with E-state index in [1.807, 2.05) is 6.92 Å². The van der Waals surface area contributed by atoms with E-state index in [0.717, 1.165) is 48.0 Å². The molecule has 0 N–H and O–H groups in total. The summed E-state index contributed by atoms with van der Waals surface area (Å²) in [7, 11) is 4.13. The number of thiazole rings is 1. The third-order valence-corrected chi connectivity index (χ3v) is 3.65. The molecule has 0 spiro atoms. The molecule has 0 radical (unpaired) electrons. The van der Waals surface area contributed by atoms with Gasteiger partial charge in [-0.05, 0) is 27.4 Å². The fourth-order valence-corrected chi connectivity index (χ4v) is 2.46. The molecule has 0 aliphatic rings. The number of nitrogens with zero attached hydrogens (tertiary/aromatic N) is 3. The average molecular weight is 255 g/mol. The van der Waals surface area contributed by atoms with Crippen molar-refractivity contribution in [3.8, 4) is 0 Å². The molecule has 0 bridgehead atoms. The molecule has 0 atom stereocenters. The lowest BCUT2D eigenvalue weighted by molar-refractivity contribution is 0.112. The molecule has 0 fully saturated rings. The van der Waals surface area contributed by atoms with Gasteiger partial charge in [-0.2, -0.15) is 0 Å². The number of aldehydes is 1. The van der Waals surface area contributed by atoms with Gasteiger partial charge in [-0.25, -0.2) is 4.98 Å². The van der Waals surface area contributed by atoms with Gasteiger partial charge in [0.1, 0.15) is 0 Å². The molecular formula is C12H21N3OS. The van der Waals surface area contributed by atoms with Gasteiger partial charge < -0.3 is 9.80 Å². The zero-order chi connectivity index (χ0) is 12.8. The largest absolute Gasteiger partial charge is 0.347 e. The van der Waals surface area contributed by atoms with Crippen molar-refractivity contribution in [3.05, 3.63) is 10.6 Å². The standard InChI is InChI=1S/C12H21N3OS/c1-5-6-15(8-7-14(3)4)12-13-10(2)11(9-16)17-12/h9H,5-8H2,1-4H3. The average Bonchev–Trinajstić information content (AvgIpc) is 2.65. The Balaban J connectivity index is 2.77. The van der Waals surface area contributed by atoms with Crippen LogP contribution in [0.3, 0.4) is 0 Å². The Morgan fingerprint density at radius 2 is 2.00 bits per heavy atom. The van der Waals surface area contributed by atoms with E-state index >= 15 is 0 Å². The molecule has 17 heavy (non-hydrogen) atoms. The molecule has 0 unspecified atom stereocenters. The summed E-state index contributed by atoms with van der Waals surface area (Å²) < 4.78 is 0. The molecule has 1 heterocycles. The number of likely N-dealkylation sites (N-methyl/N-ethyl adjacent to an activating group) is 1. The van der Waals surface area contributed by atoms with Crippen molar-refractivity contribution in [2.75, 3.05) is 38.6 Å². The van der Waals surface area contributed by atoms with E-state index in [9.17, 15) is 4.79 Å². The number of hydrogen-bond donors (Lipinski definition) is 0. The number of aromatic nitrogens is 1. The first kappa shape index (κ1) is 14.1. The third-order valence-electron chi connectivity index (χ3n) is 2.51. The summed E-state index contributed by atoms with van der Waals surface area (Å²) in [5.74, 6) is 0. The van der Waals surface area contributed by atoms with Crippen LogP contribution in [0.2, 0.25) is 0 Å². The molecule has 0 aliphatic heterocycles. The second kappa shape index (κ2) is 6.71. The fourth-order valence-electron chi connectivity index (χ4n) is 1.53. The Morgan fingerprint density at radius 3 is 2.47 bits per heavy atom. The molecule has 4 nitrogen and oxygen atoms in total. The van der Waals surface area contributed by atoms with E-state index in [2.05, 4.69) is 35.8 Å². The Hall–Kier alpha value is -0.940. The lowest BCUT2D eigenvalue weighted by Gasteiger charge is -2.23. The normalized spacial score (nSPS) is 10.9. The summed E-state index contributed by atoms with van der Waals surface area (Å²) in [6.45, 7) is 6.98. The van der Waals surface area contributed by atoms with Crippen LogP contribution in [0.4, 0.5) is 5.13 Å². The molecule has 1 rings (SSSR count). The topological polar surface area (TPSA) is 36.4 Å². The van der Waals surface area contributed by atoms with Crippen LogP contribution in [0.1, 0.15) is 28.7 Å². The second-order valence-electron chi connectivity index (χ2n) is 4.35. The van der Waals surface area contributed by atoms with Crippen LogP contribution < -0.4 is 4.90 Å². The van der Waals surface area contributed by atoms with E-state index in [0.29, 0.717) is 0 Å². The van der Waals surface area contributed by atoms with Gasteiger partial charge in [0.05, 0.1) is 10.6 Å². The van der Waals surface area contributed by atoms with Gasteiger partial charge in [-0.3, -0.25) is 4.79 Å². The van der Waals surface area contributed by atoms with E-state index in [4.69, 9.17) is 0 Å². The Kier molecular flexibility index (Phi) is 5.58. The molecule has 0 amide bonds. The highest BCUT2D eigenvalue weighted by atomic mass is 32.1. The van der Waals surface area contributed by atoms with Crippen LogP contribution in [-0.2, 0) is 0 Å². The zero-order valence-corrected chi connectivity index (χ0v) is 11.9. The number of hydrogen-bond acceptors (Lipinski definition) is 5. The molecule has 0 saturated carbocycles. The van der Waals surface area contributed by atoms with Gasteiger partial charge >= 0.3 is 0 Å². The van der Waals surface area contributed by atoms with Gasteiger partial charge in [-0.1, -0.05) is 18.3 Å². The first-order valence-electron chi connectivity index (χ1n) is 5.90. The number of aryl methyl sites for hydroxylation is 1. The minimum atomic E-state index is 0.742. The number of carbonyl (C=O) groups excluding carboxylic acids is 1. The second-order valence-corrected chi connectivity index (χ2v) is 5.36. The molecule has 96 valence electrons. The number of rotatable bonds is 7. The van der Waals surface area contributed by atoms with E-state index in [-0.39, 0.29) is 0 Å². The quantitative estimate of drug-likeness (QED) is 0.699. The first-order valence-corrected chi connectivity index (χ1v) is 6.72.